The van der Waals surface area contributed by atoms with Crippen molar-refractivity contribution in [1.82, 2.24) is 29.8 Å². The van der Waals surface area contributed by atoms with Crippen molar-refractivity contribution in [3.8, 4) is 28.4 Å². The summed E-state index contributed by atoms with van der Waals surface area (Å²) < 4.78 is 19.0. The first-order valence-corrected chi connectivity index (χ1v) is 10.3. The third-order valence-corrected chi connectivity index (χ3v) is 5.50. The van der Waals surface area contributed by atoms with Gasteiger partial charge < -0.3 is 4.74 Å². The topological polar surface area (TPSA) is 76.9 Å². The fraction of sp³-hybridized carbons (Fsp3) is 0.208. The molecule has 1 aromatic carbocycles. The zero-order valence-corrected chi connectivity index (χ0v) is 17.6. The molecule has 5 rings (SSSR count). The molecule has 0 bridgehead atoms. The summed E-state index contributed by atoms with van der Waals surface area (Å²) in [6.45, 7) is 2.44. The summed E-state index contributed by atoms with van der Waals surface area (Å²) >= 11 is 0. The summed E-state index contributed by atoms with van der Waals surface area (Å²) in [6.07, 6.45) is 9.53. The quantitative estimate of drug-likeness (QED) is 0.480. The van der Waals surface area contributed by atoms with Crippen molar-refractivity contribution in [3.63, 3.8) is 0 Å². The molecule has 0 aliphatic carbocycles. The van der Waals surface area contributed by atoms with Crippen molar-refractivity contribution >= 4 is 0 Å². The summed E-state index contributed by atoms with van der Waals surface area (Å²) in [5.74, 6) is 0.940. The molecule has 3 aromatic heterocycles. The minimum Gasteiger partial charge on any atom is -0.496 e. The Labute approximate surface area is 185 Å². The number of halogens is 1. The Balaban J connectivity index is 1.29. The van der Waals surface area contributed by atoms with Crippen LogP contribution in [0, 0.1) is 5.82 Å². The van der Waals surface area contributed by atoms with E-state index in [1.165, 1.54) is 18.5 Å². The molecule has 0 radical (unpaired) electrons. The number of pyridine rings is 1. The molecule has 4 aromatic rings. The number of fused-ring (bicyclic) bond motifs is 1. The maximum atomic E-state index is 13.7. The smallest absolute Gasteiger partial charge is 0.162 e. The minimum absolute atomic E-state index is 0.316. The molecule has 0 saturated carbocycles. The highest BCUT2D eigenvalue weighted by molar-refractivity contribution is 5.67. The number of methoxy groups -OCH3 is 1. The van der Waals surface area contributed by atoms with Crippen molar-refractivity contribution < 1.29 is 9.13 Å². The van der Waals surface area contributed by atoms with E-state index in [9.17, 15) is 4.39 Å². The Bertz CT molecular complexity index is 1230. The summed E-state index contributed by atoms with van der Waals surface area (Å²) in [7, 11) is 1.57. The van der Waals surface area contributed by atoms with E-state index in [1.54, 1.807) is 25.6 Å². The second kappa shape index (κ2) is 8.76. The Hall–Kier alpha value is -3.78. The van der Waals surface area contributed by atoms with E-state index < -0.39 is 0 Å². The van der Waals surface area contributed by atoms with Crippen LogP contribution in [0.15, 0.2) is 61.4 Å². The zero-order valence-electron chi connectivity index (χ0n) is 17.6. The number of hydrogen-bond acceptors (Lipinski definition) is 7. The van der Waals surface area contributed by atoms with Crippen LogP contribution in [0.25, 0.3) is 22.6 Å². The van der Waals surface area contributed by atoms with Gasteiger partial charge in [0, 0.05) is 62.0 Å². The van der Waals surface area contributed by atoms with Crippen molar-refractivity contribution in [2.45, 2.75) is 19.5 Å². The first-order chi connectivity index (χ1) is 15.7. The molecule has 0 atom stereocenters. The molecule has 4 heterocycles. The molecule has 8 heteroatoms. The van der Waals surface area contributed by atoms with Crippen LogP contribution in [0.5, 0.6) is 5.75 Å². The molecule has 0 N–H and O–H groups in total. The van der Waals surface area contributed by atoms with Gasteiger partial charge in [0.15, 0.2) is 5.82 Å². The SMILES string of the molecule is COc1ccc(F)cc1-c1ccc(CN2CCc3nc(-c4cncnc4)ncc3C2)cn1. The summed E-state index contributed by atoms with van der Waals surface area (Å²) in [5.41, 5.74) is 5.43. The van der Waals surface area contributed by atoms with Crippen molar-refractivity contribution in [3.05, 3.63) is 84.1 Å². The molecular formula is C24H21FN6O. The standard InChI is InChI=1S/C24H21FN6O/c1-32-23-5-3-19(25)8-20(23)22-4-2-16(9-28-22)13-31-7-6-21-18(14-31)12-29-24(30-21)17-10-26-15-27-11-17/h2-5,8-12,15H,6-7,13-14H2,1H3. The number of benzene rings is 1. The first-order valence-electron chi connectivity index (χ1n) is 10.3. The highest BCUT2D eigenvalue weighted by Gasteiger charge is 2.19. The number of nitrogens with zero attached hydrogens (tertiary/aromatic N) is 6. The largest absolute Gasteiger partial charge is 0.496 e. The minimum atomic E-state index is -0.316. The average Bonchev–Trinajstić information content (AvgIpc) is 2.85. The van der Waals surface area contributed by atoms with Crippen LogP contribution in [0.1, 0.15) is 16.8 Å². The fourth-order valence-corrected chi connectivity index (χ4v) is 3.88. The number of aromatic nitrogens is 5. The van der Waals surface area contributed by atoms with Gasteiger partial charge in [-0.1, -0.05) is 6.07 Å². The Morgan fingerprint density at radius 3 is 2.69 bits per heavy atom. The van der Waals surface area contributed by atoms with Crippen molar-refractivity contribution in [1.29, 1.82) is 0 Å². The van der Waals surface area contributed by atoms with E-state index in [-0.39, 0.29) is 5.82 Å². The van der Waals surface area contributed by atoms with Gasteiger partial charge in [0.2, 0.25) is 0 Å². The van der Waals surface area contributed by atoms with Crippen LogP contribution in [0.4, 0.5) is 4.39 Å². The lowest BCUT2D eigenvalue weighted by Crippen LogP contribution is -2.31. The van der Waals surface area contributed by atoms with Gasteiger partial charge in [-0.2, -0.15) is 0 Å². The Morgan fingerprint density at radius 2 is 1.91 bits per heavy atom. The second-order valence-electron chi connectivity index (χ2n) is 7.65. The van der Waals surface area contributed by atoms with Crippen LogP contribution in [0.3, 0.4) is 0 Å². The normalized spacial score (nSPS) is 13.6. The number of hydrogen-bond donors (Lipinski definition) is 0. The maximum absolute atomic E-state index is 13.7. The van der Waals surface area contributed by atoms with Crippen LogP contribution in [0.2, 0.25) is 0 Å². The van der Waals surface area contributed by atoms with Gasteiger partial charge in [-0.05, 0) is 29.8 Å². The van der Waals surface area contributed by atoms with Crippen molar-refractivity contribution in [2.75, 3.05) is 13.7 Å². The fourth-order valence-electron chi connectivity index (χ4n) is 3.88. The third kappa shape index (κ3) is 4.17. The molecule has 0 fully saturated rings. The lowest BCUT2D eigenvalue weighted by Gasteiger charge is -2.28. The predicted molar refractivity (Wildman–Crippen MR) is 117 cm³/mol. The van der Waals surface area contributed by atoms with Gasteiger partial charge in [0.05, 0.1) is 24.1 Å². The van der Waals surface area contributed by atoms with E-state index in [1.807, 2.05) is 24.5 Å². The van der Waals surface area contributed by atoms with Crippen molar-refractivity contribution in [2.24, 2.45) is 0 Å². The average molecular weight is 428 g/mol. The van der Waals surface area contributed by atoms with Gasteiger partial charge in [-0.3, -0.25) is 9.88 Å². The lowest BCUT2D eigenvalue weighted by atomic mass is 10.1. The Morgan fingerprint density at radius 1 is 1.03 bits per heavy atom. The second-order valence-corrected chi connectivity index (χ2v) is 7.65. The molecule has 0 saturated heterocycles. The summed E-state index contributed by atoms with van der Waals surface area (Å²) in [4.78, 5) is 24.2. The first kappa shape index (κ1) is 20.1. The molecule has 1 aliphatic heterocycles. The number of rotatable bonds is 5. The molecule has 0 unspecified atom stereocenters. The molecule has 0 spiro atoms. The van der Waals surface area contributed by atoms with Gasteiger partial charge in [-0.25, -0.2) is 24.3 Å². The Kier molecular flexibility index (Phi) is 5.51. The number of ether oxygens (including phenoxy) is 1. The summed E-state index contributed by atoms with van der Waals surface area (Å²) in [6, 6.07) is 8.37. The van der Waals surface area contributed by atoms with Gasteiger partial charge >= 0.3 is 0 Å². The zero-order chi connectivity index (χ0) is 21.9. The van der Waals surface area contributed by atoms with E-state index in [0.29, 0.717) is 22.8 Å². The summed E-state index contributed by atoms with van der Waals surface area (Å²) in [5, 5.41) is 0. The van der Waals surface area contributed by atoms with Gasteiger partial charge in [-0.15, -0.1) is 0 Å². The molecule has 0 amide bonds. The molecule has 32 heavy (non-hydrogen) atoms. The highest BCUT2D eigenvalue weighted by atomic mass is 19.1. The molecule has 1 aliphatic rings. The molecule has 7 nitrogen and oxygen atoms in total. The molecule has 160 valence electrons. The van der Waals surface area contributed by atoms with E-state index >= 15 is 0 Å². The van der Waals surface area contributed by atoms with Crippen LogP contribution >= 0.6 is 0 Å². The van der Waals surface area contributed by atoms with Crippen LogP contribution < -0.4 is 4.74 Å². The van der Waals surface area contributed by atoms with Gasteiger partial charge in [0.25, 0.3) is 0 Å². The van der Waals surface area contributed by atoms with Gasteiger partial charge in [0.1, 0.15) is 17.9 Å². The highest BCUT2D eigenvalue weighted by Crippen LogP contribution is 2.29. The van der Waals surface area contributed by atoms with E-state index in [4.69, 9.17) is 9.72 Å². The molecular weight excluding hydrogens is 407 g/mol. The van der Waals surface area contributed by atoms with Crippen LogP contribution in [-0.2, 0) is 19.5 Å². The lowest BCUT2D eigenvalue weighted by molar-refractivity contribution is 0.242. The predicted octanol–water partition coefficient (Wildman–Crippen LogP) is 3.70. The monoisotopic (exact) mass is 428 g/mol. The van der Waals surface area contributed by atoms with E-state index in [0.717, 1.165) is 48.4 Å². The third-order valence-electron chi connectivity index (χ3n) is 5.50. The maximum Gasteiger partial charge on any atom is 0.162 e. The van der Waals surface area contributed by atoms with Crippen LogP contribution in [-0.4, -0.2) is 43.5 Å². The van der Waals surface area contributed by atoms with E-state index in [2.05, 4.69) is 24.8 Å².